The number of carbonyl (C=O) groups excluding carboxylic acids is 2. The minimum absolute atomic E-state index is 0.101. The number of methoxy groups -OCH3 is 2. The zero-order valence-corrected chi connectivity index (χ0v) is 25.1. The van der Waals surface area contributed by atoms with Crippen LogP contribution in [0.3, 0.4) is 0 Å². The number of hydrogen-bond acceptors (Lipinski definition) is 7. The predicted molar refractivity (Wildman–Crippen MR) is 169 cm³/mol. The summed E-state index contributed by atoms with van der Waals surface area (Å²) in [4.78, 5) is 25.0. The lowest BCUT2D eigenvalue weighted by Crippen LogP contribution is -2.38. The monoisotopic (exact) mass is 616 g/mol. The normalized spacial score (nSPS) is 10.6. The summed E-state index contributed by atoms with van der Waals surface area (Å²) in [7, 11) is 3.20. The van der Waals surface area contributed by atoms with Crippen LogP contribution in [0.2, 0.25) is 5.02 Å². The molecule has 4 aromatic rings. The number of rotatable bonds is 14. The first-order valence-corrected chi connectivity index (χ1v) is 14.1. The summed E-state index contributed by atoms with van der Waals surface area (Å²) in [6.45, 7) is 0.746. The van der Waals surface area contributed by atoms with Crippen molar-refractivity contribution < 1.29 is 28.5 Å². The van der Waals surface area contributed by atoms with E-state index in [9.17, 15) is 9.59 Å². The van der Waals surface area contributed by atoms with E-state index >= 15 is 0 Å². The highest BCUT2D eigenvalue weighted by Gasteiger charge is 2.20. The molecule has 0 aliphatic carbocycles. The summed E-state index contributed by atoms with van der Waals surface area (Å²) in [5.41, 5.74) is 5.21. The predicted octanol–water partition coefficient (Wildman–Crippen LogP) is 5.58. The average Bonchev–Trinajstić information content (AvgIpc) is 3.06. The van der Waals surface area contributed by atoms with Gasteiger partial charge in [-0.3, -0.25) is 4.79 Å². The van der Waals surface area contributed by atoms with Crippen LogP contribution in [-0.4, -0.2) is 45.5 Å². The summed E-state index contributed by atoms with van der Waals surface area (Å²) >= 11 is 6.72. The Morgan fingerprint density at radius 2 is 1.34 bits per heavy atom. The van der Waals surface area contributed by atoms with Crippen LogP contribution in [0.4, 0.5) is 4.79 Å². The lowest BCUT2D eigenvalue weighted by Gasteiger charge is -2.17. The van der Waals surface area contributed by atoms with Crippen LogP contribution < -0.4 is 35.0 Å². The quantitative estimate of drug-likeness (QED) is 0.0967. The van der Waals surface area contributed by atoms with Gasteiger partial charge in [-0.2, -0.15) is 5.10 Å². The Morgan fingerprint density at radius 1 is 0.750 bits per heavy atom. The van der Waals surface area contributed by atoms with Crippen molar-refractivity contribution >= 4 is 29.8 Å². The minimum Gasteiger partial charge on any atom is -0.497 e. The summed E-state index contributed by atoms with van der Waals surface area (Å²) in [6.07, 6.45) is 1.53. The van der Waals surface area contributed by atoms with Gasteiger partial charge in [-0.25, -0.2) is 10.2 Å². The van der Waals surface area contributed by atoms with Crippen LogP contribution in [-0.2, 0) is 13.2 Å². The van der Waals surface area contributed by atoms with Crippen molar-refractivity contribution in [3.05, 3.63) is 118 Å². The molecule has 44 heavy (non-hydrogen) atoms. The Labute approximate surface area is 260 Å². The summed E-state index contributed by atoms with van der Waals surface area (Å²) in [5.74, 6) is 1.64. The zero-order chi connectivity index (χ0) is 31.1. The average molecular weight is 617 g/mol. The molecule has 0 atom stereocenters. The van der Waals surface area contributed by atoms with Gasteiger partial charge in [0.25, 0.3) is 5.91 Å². The van der Waals surface area contributed by atoms with Gasteiger partial charge < -0.3 is 29.6 Å². The molecule has 3 N–H and O–H groups in total. The van der Waals surface area contributed by atoms with Crippen LogP contribution in [0.1, 0.15) is 27.0 Å². The fourth-order valence-corrected chi connectivity index (χ4v) is 4.21. The summed E-state index contributed by atoms with van der Waals surface area (Å²) < 4.78 is 22.6. The maximum atomic E-state index is 13.0. The third kappa shape index (κ3) is 9.40. The topological polar surface area (TPSA) is 120 Å². The molecular weight excluding hydrogens is 584 g/mol. The van der Waals surface area contributed by atoms with Crippen LogP contribution in [0.25, 0.3) is 0 Å². The van der Waals surface area contributed by atoms with Crippen molar-refractivity contribution in [3.8, 4) is 23.0 Å². The van der Waals surface area contributed by atoms with Crippen molar-refractivity contribution in [2.24, 2.45) is 5.10 Å². The van der Waals surface area contributed by atoms with E-state index in [1.807, 2.05) is 78.9 Å². The summed E-state index contributed by atoms with van der Waals surface area (Å²) in [5, 5.41) is 9.37. The number of amides is 3. The Morgan fingerprint density at radius 3 is 1.95 bits per heavy atom. The number of hydrogen-bond donors (Lipinski definition) is 3. The number of nitrogens with zero attached hydrogens (tertiary/aromatic N) is 1. The molecule has 0 heterocycles. The van der Waals surface area contributed by atoms with E-state index in [4.69, 9.17) is 30.5 Å². The molecule has 0 aliphatic heterocycles. The summed E-state index contributed by atoms with van der Waals surface area (Å²) in [6, 6.07) is 26.9. The third-order valence-electron chi connectivity index (χ3n) is 6.28. The molecule has 0 aliphatic rings. The van der Waals surface area contributed by atoms with Gasteiger partial charge in [-0.05, 0) is 53.1 Å². The van der Waals surface area contributed by atoms with E-state index in [1.54, 1.807) is 26.4 Å². The van der Waals surface area contributed by atoms with Gasteiger partial charge in [-0.1, -0.05) is 66.2 Å². The first-order chi connectivity index (χ1) is 21.5. The van der Waals surface area contributed by atoms with Gasteiger partial charge in [0, 0.05) is 13.1 Å². The standard InChI is InChI=1S/C33H33ClN4O6/c1-41-26-12-8-24(9-13-26)21-43-29-17-16-28(30(34)31(29)44-22-25-10-14-27(42-2)15-11-25)32(39)35-18-19-36-33(40)38-37-20-23-6-4-3-5-7-23/h3-17,20H,18-19,21-22H2,1-2H3,(H,35,39)(H2,36,38,40)/b37-20+. The first-order valence-electron chi connectivity index (χ1n) is 13.7. The number of benzene rings is 4. The molecule has 0 radical (unpaired) electrons. The second-order valence-electron chi connectivity index (χ2n) is 9.32. The number of carbonyl (C=O) groups is 2. The van der Waals surface area contributed by atoms with Crippen molar-refractivity contribution in [3.63, 3.8) is 0 Å². The number of hydrazone groups is 1. The SMILES string of the molecule is COc1ccc(COc2ccc(C(=O)NCCNC(=O)N/N=C/c3ccccc3)c(Cl)c2OCc2ccc(OC)cc2)cc1. The van der Waals surface area contributed by atoms with Crippen LogP contribution in [0.15, 0.2) is 96.1 Å². The number of ether oxygens (including phenoxy) is 4. The molecule has 0 saturated heterocycles. The van der Waals surface area contributed by atoms with Crippen molar-refractivity contribution in [2.75, 3.05) is 27.3 Å². The number of halogens is 1. The zero-order valence-electron chi connectivity index (χ0n) is 24.3. The van der Waals surface area contributed by atoms with Crippen LogP contribution in [0, 0.1) is 0 Å². The van der Waals surface area contributed by atoms with Crippen molar-refractivity contribution in [1.29, 1.82) is 0 Å². The van der Waals surface area contributed by atoms with E-state index in [2.05, 4.69) is 21.2 Å². The highest BCUT2D eigenvalue weighted by Crippen LogP contribution is 2.39. The van der Waals surface area contributed by atoms with E-state index < -0.39 is 11.9 Å². The van der Waals surface area contributed by atoms with E-state index in [1.165, 1.54) is 6.21 Å². The van der Waals surface area contributed by atoms with Crippen molar-refractivity contribution in [1.82, 2.24) is 16.1 Å². The number of urea groups is 1. The second kappa shape index (κ2) is 16.4. The largest absolute Gasteiger partial charge is 0.497 e. The first kappa shape index (κ1) is 31.7. The molecule has 4 aromatic carbocycles. The van der Waals surface area contributed by atoms with Gasteiger partial charge in [0.1, 0.15) is 24.7 Å². The molecule has 0 saturated carbocycles. The fraction of sp³-hybridized carbons (Fsp3) is 0.182. The van der Waals surface area contributed by atoms with Gasteiger partial charge in [-0.15, -0.1) is 0 Å². The molecule has 0 bridgehead atoms. The Hall–Kier alpha value is -5.22. The molecule has 0 fully saturated rings. The molecule has 4 rings (SSSR count). The fourth-order valence-electron chi connectivity index (χ4n) is 3.91. The molecule has 228 valence electrons. The van der Waals surface area contributed by atoms with Gasteiger partial charge in [0.2, 0.25) is 0 Å². The van der Waals surface area contributed by atoms with Crippen LogP contribution in [0.5, 0.6) is 23.0 Å². The molecule has 0 spiro atoms. The second-order valence-corrected chi connectivity index (χ2v) is 9.70. The number of nitrogens with one attached hydrogen (secondary N) is 3. The van der Waals surface area contributed by atoms with Gasteiger partial charge in [0.05, 0.1) is 31.0 Å². The van der Waals surface area contributed by atoms with E-state index in [0.717, 1.165) is 28.2 Å². The molecule has 11 heteroatoms. The molecule has 3 amide bonds. The highest BCUT2D eigenvalue weighted by molar-refractivity contribution is 6.35. The Kier molecular flexibility index (Phi) is 11.8. The van der Waals surface area contributed by atoms with Crippen molar-refractivity contribution in [2.45, 2.75) is 13.2 Å². The molecule has 0 unspecified atom stereocenters. The Balaban J connectivity index is 1.37. The molecular formula is C33H33ClN4O6. The lowest BCUT2D eigenvalue weighted by molar-refractivity contribution is 0.0953. The lowest BCUT2D eigenvalue weighted by atomic mass is 10.1. The maximum Gasteiger partial charge on any atom is 0.335 e. The van der Waals surface area contributed by atoms with E-state index in [-0.39, 0.29) is 42.6 Å². The third-order valence-corrected chi connectivity index (χ3v) is 6.65. The maximum absolute atomic E-state index is 13.0. The smallest absolute Gasteiger partial charge is 0.335 e. The molecule has 0 aromatic heterocycles. The Bertz CT molecular complexity index is 1550. The highest BCUT2D eigenvalue weighted by atomic mass is 35.5. The van der Waals surface area contributed by atoms with Gasteiger partial charge >= 0.3 is 6.03 Å². The minimum atomic E-state index is -0.503. The van der Waals surface area contributed by atoms with Crippen LogP contribution >= 0.6 is 11.6 Å². The van der Waals surface area contributed by atoms with Gasteiger partial charge in [0.15, 0.2) is 11.5 Å². The molecule has 10 nitrogen and oxygen atoms in total. The van der Waals surface area contributed by atoms with E-state index in [0.29, 0.717) is 5.75 Å².